The van der Waals surface area contributed by atoms with Gasteiger partial charge >= 0.3 is 0 Å². The van der Waals surface area contributed by atoms with Gasteiger partial charge in [0.2, 0.25) is 11.8 Å². The maximum Gasteiger partial charge on any atom is 0.242 e. The van der Waals surface area contributed by atoms with Crippen molar-refractivity contribution in [1.82, 2.24) is 10.6 Å². The summed E-state index contributed by atoms with van der Waals surface area (Å²) in [5.74, 6) is 0.603. The minimum absolute atomic E-state index is 0.0526. The molecular weight excluding hydrogens is 324 g/mol. The second kappa shape index (κ2) is 8.00. The first kappa shape index (κ1) is 17.3. The number of benzene rings is 1. The lowest BCUT2D eigenvalue weighted by Crippen LogP contribution is -2.45. The lowest BCUT2D eigenvalue weighted by Gasteiger charge is -2.18. The normalized spacial score (nSPS) is 19.5. The molecule has 2 heterocycles. The first-order valence-corrected chi connectivity index (χ1v) is 8.63. The zero-order valence-corrected chi connectivity index (χ0v) is 14.0. The maximum absolute atomic E-state index is 12.3. The summed E-state index contributed by atoms with van der Waals surface area (Å²) in [5, 5.41) is 5.49. The van der Waals surface area contributed by atoms with Crippen molar-refractivity contribution < 1.29 is 23.9 Å². The number of ether oxygens (including phenoxy) is 2. The van der Waals surface area contributed by atoms with E-state index in [4.69, 9.17) is 9.47 Å². The Morgan fingerprint density at radius 3 is 2.76 bits per heavy atom. The Morgan fingerprint density at radius 1 is 1.12 bits per heavy atom. The van der Waals surface area contributed by atoms with E-state index in [-0.39, 0.29) is 30.4 Å². The third-order valence-electron chi connectivity index (χ3n) is 4.31. The summed E-state index contributed by atoms with van der Waals surface area (Å²) < 4.78 is 10.9. The Hall–Kier alpha value is -2.57. The Labute approximate surface area is 146 Å². The molecule has 1 saturated heterocycles. The highest BCUT2D eigenvalue weighted by Crippen LogP contribution is 2.31. The average Bonchev–Trinajstić information content (AvgIpc) is 2.83. The van der Waals surface area contributed by atoms with Crippen LogP contribution in [0.1, 0.15) is 42.5 Å². The third-order valence-corrected chi connectivity index (χ3v) is 4.31. The van der Waals surface area contributed by atoms with E-state index < -0.39 is 6.04 Å². The van der Waals surface area contributed by atoms with Gasteiger partial charge in [0.05, 0.1) is 0 Å². The van der Waals surface area contributed by atoms with E-state index in [1.54, 1.807) is 18.2 Å². The summed E-state index contributed by atoms with van der Waals surface area (Å²) >= 11 is 0. The van der Waals surface area contributed by atoms with Gasteiger partial charge in [-0.05, 0) is 37.5 Å². The van der Waals surface area contributed by atoms with Crippen LogP contribution in [-0.2, 0) is 9.59 Å². The van der Waals surface area contributed by atoms with E-state index in [9.17, 15) is 14.4 Å². The minimum Gasteiger partial charge on any atom is -0.486 e. The van der Waals surface area contributed by atoms with Crippen LogP contribution in [0.5, 0.6) is 11.5 Å². The molecule has 7 heteroatoms. The number of amides is 2. The molecule has 2 aliphatic rings. The fourth-order valence-corrected chi connectivity index (χ4v) is 2.93. The first-order chi connectivity index (χ1) is 12.1. The summed E-state index contributed by atoms with van der Waals surface area (Å²) in [6, 6.07) is 4.52. The molecule has 1 atom stereocenters. The van der Waals surface area contributed by atoms with Gasteiger partial charge in [-0.3, -0.25) is 14.4 Å². The van der Waals surface area contributed by atoms with Crippen molar-refractivity contribution in [2.45, 2.75) is 38.1 Å². The van der Waals surface area contributed by atoms with Crippen molar-refractivity contribution in [1.29, 1.82) is 0 Å². The quantitative estimate of drug-likeness (QED) is 0.782. The summed E-state index contributed by atoms with van der Waals surface area (Å²) in [4.78, 5) is 36.2. The van der Waals surface area contributed by atoms with Crippen molar-refractivity contribution in [2.75, 3.05) is 19.8 Å². The smallest absolute Gasteiger partial charge is 0.242 e. The summed E-state index contributed by atoms with van der Waals surface area (Å²) in [7, 11) is 0. The van der Waals surface area contributed by atoms with E-state index in [0.717, 1.165) is 12.8 Å². The van der Waals surface area contributed by atoms with Crippen LogP contribution in [-0.4, -0.2) is 43.4 Å². The molecule has 0 bridgehead atoms. The molecule has 2 amide bonds. The molecule has 25 heavy (non-hydrogen) atoms. The molecule has 2 aliphatic heterocycles. The molecule has 0 aliphatic carbocycles. The zero-order chi connectivity index (χ0) is 17.6. The van der Waals surface area contributed by atoms with E-state index in [2.05, 4.69) is 10.6 Å². The van der Waals surface area contributed by atoms with Gasteiger partial charge in [0.1, 0.15) is 19.3 Å². The lowest BCUT2D eigenvalue weighted by molar-refractivity contribution is -0.128. The molecular formula is C18H22N2O5. The number of carbonyl (C=O) groups is 3. The first-order valence-electron chi connectivity index (χ1n) is 8.63. The molecule has 1 aromatic carbocycles. The Bertz CT molecular complexity index is 673. The summed E-state index contributed by atoms with van der Waals surface area (Å²) in [6.07, 6.45) is 2.57. The minimum atomic E-state index is -0.501. The number of carbonyl (C=O) groups excluding carboxylic acids is 3. The van der Waals surface area contributed by atoms with Crippen molar-refractivity contribution in [3.8, 4) is 11.5 Å². The van der Waals surface area contributed by atoms with Gasteiger partial charge in [-0.1, -0.05) is 0 Å². The molecule has 3 rings (SSSR count). The van der Waals surface area contributed by atoms with E-state index in [1.165, 1.54) is 0 Å². The number of hydrogen-bond donors (Lipinski definition) is 2. The Kier molecular flexibility index (Phi) is 5.53. The molecule has 0 radical (unpaired) electrons. The monoisotopic (exact) mass is 346 g/mol. The van der Waals surface area contributed by atoms with Gasteiger partial charge in [0.15, 0.2) is 17.3 Å². The average molecular weight is 346 g/mol. The standard InChI is InChI=1S/C18H22N2O5/c21-14(12-4-6-15-16(11-12)25-10-9-24-15)5-7-17(22)20-13-3-1-2-8-19-18(13)23/h4,6,11,13H,1-3,5,7-10H2,(H,19,23)(H,20,22)/t13-/m1/s1. The van der Waals surface area contributed by atoms with Crippen LogP contribution >= 0.6 is 0 Å². The molecule has 1 aromatic rings. The van der Waals surface area contributed by atoms with Gasteiger partial charge in [0.25, 0.3) is 0 Å². The largest absolute Gasteiger partial charge is 0.486 e. The van der Waals surface area contributed by atoms with Crippen molar-refractivity contribution in [3.05, 3.63) is 23.8 Å². The molecule has 0 saturated carbocycles. The van der Waals surface area contributed by atoms with Gasteiger partial charge in [-0.2, -0.15) is 0 Å². The van der Waals surface area contributed by atoms with E-state index in [1.807, 2.05) is 0 Å². The number of fused-ring (bicyclic) bond motifs is 1. The summed E-state index contributed by atoms with van der Waals surface area (Å²) in [6.45, 7) is 1.60. The number of hydrogen-bond acceptors (Lipinski definition) is 5. The highest BCUT2D eigenvalue weighted by molar-refractivity contribution is 5.99. The van der Waals surface area contributed by atoms with Crippen LogP contribution in [0.4, 0.5) is 0 Å². The number of ketones is 1. The topological polar surface area (TPSA) is 93.7 Å². The van der Waals surface area contributed by atoms with Gasteiger partial charge in [-0.15, -0.1) is 0 Å². The zero-order valence-electron chi connectivity index (χ0n) is 14.0. The number of Topliss-reactive ketones (excluding diaryl/α,β-unsaturated/α-hetero) is 1. The van der Waals surface area contributed by atoms with E-state index >= 15 is 0 Å². The second-order valence-electron chi connectivity index (χ2n) is 6.19. The van der Waals surface area contributed by atoms with Crippen LogP contribution in [0.2, 0.25) is 0 Å². The van der Waals surface area contributed by atoms with Crippen LogP contribution < -0.4 is 20.1 Å². The molecule has 0 spiro atoms. The molecule has 7 nitrogen and oxygen atoms in total. The van der Waals surface area contributed by atoms with Crippen LogP contribution in [0.25, 0.3) is 0 Å². The third kappa shape index (κ3) is 4.49. The molecule has 1 fully saturated rings. The van der Waals surface area contributed by atoms with Crippen LogP contribution in [0, 0.1) is 0 Å². The van der Waals surface area contributed by atoms with Crippen molar-refractivity contribution in [2.24, 2.45) is 0 Å². The van der Waals surface area contributed by atoms with Crippen LogP contribution in [0.3, 0.4) is 0 Å². The molecule has 2 N–H and O–H groups in total. The van der Waals surface area contributed by atoms with Gasteiger partial charge in [0, 0.05) is 24.9 Å². The molecule has 134 valence electrons. The highest BCUT2D eigenvalue weighted by Gasteiger charge is 2.22. The second-order valence-corrected chi connectivity index (χ2v) is 6.19. The summed E-state index contributed by atoms with van der Waals surface area (Å²) in [5.41, 5.74) is 0.490. The van der Waals surface area contributed by atoms with Gasteiger partial charge in [-0.25, -0.2) is 0 Å². The predicted molar refractivity (Wildman–Crippen MR) is 89.8 cm³/mol. The van der Waals surface area contributed by atoms with Crippen molar-refractivity contribution >= 4 is 17.6 Å². The van der Waals surface area contributed by atoms with Crippen molar-refractivity contribution in [3.63, 3.8) is 0 Å². The number of nitrogens with one attached hydrogen (secondary N) is 2. The fraction of sp³-hybridized carbons (Fsp3) is 0.500. The van der Waals surface area contributed by atoms with E-state index in [0.29, 0.717) is 43.2 Å². The predicted octanol–water partition coefficient (Wildman–Crippen LogP) is 1.21. The lowest BCUT2D eigenvalue weighted by atomic mass is 10.0. The SMILES string of the molecule is O=C(CCC(=O)c1ccc2c(c1)OCCO2)N[C@@H]1CCCCNC1=O. The van der Waals surface area contributed by atoms with Gasteiger partial charge < -0.3 is 20.1 Å². The number of rotatable bonds is 5. The molecule has 0 unspecified atom stereocenters. The maximum atomic E-state index is 12.3. The molecule has 0 aromatic heterocycles. The Morgan fingerprint density at radius 2 is 1.92 bits per heavy atom. The van der Waals surface area contributed by atoms with Crippen LogP contribution in [0.15, 0.2) is 18.2 Å². The fourth-order valence-electron chi connectivity index (χ4n) is 2.93. The highest BCUT2D eigenvalue weighted by atomic mass is 16.6. The Balaban J connectivity index is 1.51.